The topological polar surface area (TPSA) is 29.1 Å². The second kappa shape index (κ2) is 3.95. The Morgan fingerprint density at radius 2 is 2.38 bits per heavy atom. The molecule has 0 spiro atoms. The SMILES string of the molecule is O=C1NCCCC1CC1=CCCC1. The van der Waals surface area contributed by atoms with Crippen LogP contribution in [0.2, 0.25) is 0 Å². The Hall–Kier alpha value is -0.790. The van der Waals surface area contributed by atoms with Crippen molar-refractivity contribution >= 4 is 5.91 Å². The monoisotopic (exact) mass is 179 g/mol. The summed E-state index contributed by atoms with van der Waals surface area (Å²) in [7, 11) is 0. The van der Waals surface area contributed by atoms with Crippen molar-refractivity contribution in [1.29, 1.82) is 0 Å². The summed E-state index contributed by atoms with van der Waals surface area (Å²) in [5.74, 6) is 0.553. The van der Waals surface area contributed by atoms with Crippen LogP contribution < -0.4 is 5.32 Å². The minimum Gasteiger partial charge on any atom is -0.356 e. The Kier molecular flexibility index (Phi) is 2.67. The first-order valence-electron chi connectivity index (χ1n) is 5.32. The highest BCUT2D eigenvalue weighted by Crippen LogP contribution is 2.27. The maximum absolute atomic E-state index is 11.4. The van der Waals surface area contributed by atoms with Gasteiger partial charge in [-0.15, -0.1) is 0 Å². The first kappa shape index (κ1) is 8.79. The van der Waals surface area contributed by atoms with Crippen LogP contribution in [-0.4, -0.2) is 12.5 Å². The lowest BCUT2D eigenvalue weighted by Gasteiger charge is -2.22. The number of piperidine rings is 1. The Labute approximate surface area is 79.4 Å². The van der Waals surface area contributed by atoms with Gasteiger partial charge in [0.1, 0.15) is 0 Å². The van der Waals surface area contributed by atoms with E-state index in [1.807, 2.05) is 0 Å². The number of allylic oxidation sites excluding steroid dienone is 2. The molecule has 72 valence electrons. The van der Waals surface area contributed by atoms with Crippen molar-refractivity contribution in [3.05, 3.63) is 11.6 Å². The van der Waals surface area contributed by atoms with Gasteiger partial charge in [-0.2, -0.15) is 0 Å². The van der Waals surface area contributed by atoms with Crippen molar-refractivity contribution in [2.45, 2.75) is 38.5 Å². The molecule has 0 saturated carbocycles. The second-order valence-corrected chi connectivity index (χ2v) is 4.09. The van der Waals surface area contributed by atoms with Gasteiger partial charge in [0, 0.05) is 12.5 Å². The van der Waals surface area contributed by atoms with Gasteiger partial charge in [0.25, 0.3) is 0 Å². The first-order valence-corrected chi connectivity index (χ1v) is 5.32. The van der Waals surface area contributed by atoms with Gasteiger partial charge in [-0.3, -0.25) is 4.79 Å². The van der Waals surface area contributed by atoms with E-state index in [4.69, 9.17) is 0 Å². The number of amides is 1. The number of rotatable bonds is 2. The van der Waals surface area contributed by atoms with E-state index in [9.17, 15) is 4.79 Å². The molecule has 1 aliphatic heterocycles. The lowest BCUT2D eigenvalue weighted by molar-refractivity contribution is -0.126. The van der Waals surface area contributed by atoms with Gasteiger partial charge in [-0.1, -0.05) is 11.6 Å². The Bertz CT molecular complexity index is 232. The molecule has 1 amide bonds. The van der Waals surface area contributed by atoms with Crippen molar-refractivity contribution in [3.63, 3.8) is 0 Å². The average molecular weight is 179 g/mol. The molecule has 1 fully saturated rings. The maximum atomic E-state index is 11.4. The summed E-state index contributed by atoms with van der Waals surface area (Å²) in [6.07, 6.45) is 9.33. The Morgan fingerprint density at radius 3 is 3.08 bits per heavy atom. The molecule has 1 saturated heterocycles. The molecular weight excluding hydrogens is 162 g/mol. The van der Waals surface area contributed by atoms with Gasteiger partial charge in [0.2, 0.25) is 5.91 Å². The summed E-state index contributed by atoms with van der Waals surface area (Å²) in [5, 5.41) is 2.94. The zero-order valence-electron chi connectivity index (χ0n) is 8.01. The highest BCUT2D eigenvalue weighted by Gasteiger charge is 2.23. The number of hydrogen-bond donors (Lipinski definition) is 1. The molecule has 2 aliphatic rings. The van der Waals surface area contributed by atoms with E-state index in [0.717, 1.165) is 25.8 Å². The van der Waals surface area contributed by atoms with Crippen molar-refractivity contribution in [1.82, 2.24) is 5.32 Å². The molecule has 1 aliphatic carbocycles. The second-order valence-electron chi connectivity index (χ2n) is 4.09. The third-order valence-corrected chi connectivity index (χ3v) is 3.04. The zero-order chi connectivity index (χ0) is 9.10. The van der Waals surface area contributed by atoms with Crippen molar-refractivity contribution in [2.24, 2.45) is 5.92 Å². The molecule has 1 unspecified atom stereocenters. The molecule has 2 heteroatoms. The molecule has 1 atom stereocenters. The standard InChI is InChI=1S/C11H17NO/c13-11-10(6-3-7-12-11)8-9-4-1-2-5-9/h4,10H,1-3,5-8H2,(H,12,13). The van der Waals surface area contributed by atoms with Gasteiger partial charge in [-0.05, 0) is 38.5 Å². The molecule has 13 heavy (non-hydrogen) atoms. The lowest BCUT2D eigenvalue weighted by Crippen LogP contribution is -2.36. The summed E-state index contributed by atoms with van der Waals surface area (Å²) in [6, 6.07) is 0. The van der Waals surface area contributed by atoms with Crippen molar-refractivity contribution in [3.8, 4) is 0 Å². The smallest absolute Gasteiger partial charge is 0.223 e. The summed E-state index contributed by atoms with van der Waals surface area (Å²) in [4.78, 5) is 11.4. The molecule has 0 aromatic carbocycles. The number of hydrogen-bond acceptors (Lipinski definition) is 1. The van der Waals surface area contributed by atoms with Gasteiger partial charge in [0.15, 0.2) is 0 Å². The third-order valence-electron chi connectivity index (χ3n) is 3.04. The van der Waals surface area contributed by atoms with E-state index in [1.54, 1.807) is 0 Å². The predicted molar refractivity (Wildman–Crippen MR) is 52.3 cm³/mol. The minimum atomic E-state index is 0.276. The van der Waals surface area contributed by atoms with Crippen LogP contribution in [0.3, 0.4) is 0 Å². The lowest BCUT2D eigenvalue weighted by atomic mass is 9.91. The van der Waals surface area contributed by atoms with Crippen LogP contribution in [0.15, 0.2) is 11.6 Å². The van der Waals surface area contributed by atoms with Crippen LogP contribution in [0.25, 0.3) is 0 Å². The van der Waals surface area contributed by atoms with Crippen LogP contribution in [0.4, 0.5) is 0 Å². The number of nitrogens with one attached hydrogen (secondary N) is 1. The van der Waals surface area contributed by atoms with Gasteiger partial charge < -0.3 is 5.32 Å². The fraction of sp³-hybridized carbons (Fsp3) is 0.727. The highest BCUT2D eigenvalue weighted by molar-refractivity contribution is 5.79. The van der Waals surface area contributed by atoms with E-state index in [1.165, 1.54) is 24.8 Å². The first-order chi connectivity index (χ1) is 6.36. The summed E-state index contributed by atoms with van der Waals surface area (Å²) < 4.78 is 0. The van der Waals surface area contributed by atoms with Crippen molar-refractivity contribution in [2.75, 3.05) is 6.54 Å². The fourth-order valence-electron chi connectivity index (χ4n) is 2.27. The van der Waals surface area contributed by atoms with Crippen LogP contribution >= 0.6 is 0 Å². The molecule has 2 rings (SSSR count). The van der Waals surface area contributed by atoms with Gasteiger partial charge in [0.05, 0.1) is 0 Å². The summed E-state index contributed by atoms with van der Waals surface area (Å²) in [5.41, 5.74) is 1.52. The fourth-order valence-corrected chi connectivity index (χ4v) is 2.27. The molecular formula is C11H17NO. The Balaban J connectivity index is 1.88. The van der Waals surface area contributed by atoms with Gasteiger partial charge in [-0.25, -0.2) is 0 Å². The van der Waals surface area contributed by atoms with E-state index >= 15 is 0 Å². The van der Waals surface area contributed by atoms with Crippen molar-refractivity contribution < 1.29 is 4.79 Å². The zero-order valence-corrected chi connectivity index (χ0v) is 8.01. The van der Waals surface area contributed by atoms with Gasteiger partial charge >= 0.3 is 0 Å². The largest absolute Gasteiger partial charge is 0.356 e. The number of carbonyl (C=O) groups is 1. The van der Waals surface area contributed by atoms with Crippen LogP contribution in [-0.2, 0) is 4.79 Å². The minimum absolute atomic E-state index is 0.276. The third kappa shape index (κ3) is 2.11. The van der Waals surface area contributed by atoms with Crippen LogP contribution in [0, 0.1) is 5.92 Å². The predicted octanol–water partition coefficient (Wildman–Crippen LogP) is 2.01. The number of carbonyl (C=O) groups excluding carboxylic acids is 1. The molecule has 1 heterocycles. The van der Waals surface area contributed by atoms with E-state index < -0.39 is 0 Å². The molecule has 0 bridgehead atoms. The van der Waals surface area contributed by atoms with E-state index in [0.29, 0.717) is 0 Å². The van der Waals surface area contributed by atoms with E-state index in [-0.39, 0.29) is 11.8 Å². The molecule has 0 aromatic rings. The average Bonchev–Trinajstić information content (AvgIpc) is 2.61. The van der Waals surface area contributed by atoms with Crippen LogP contribution in [0.1, 0.15) is 38.5 Å². The van der Waals surface area contributed by atoms with E-state index in [2.05, 4.69) is 11.4 Å². The molecule has 0 radical (unpaired) electrons. The normalized spacial score (nSPS) is 28.5. The quantitative estimate of drug-likeness (QED) is 0.645. The summed E-state index contributed by atoms with van der Waals surface area (Å²) in [6.45, 7) is 0.883. The summed E-state index contributed by atoms with van der Waals surface area (Å²) >= 11 is 0. The molecule has 2 nitrogen and oxygen atoms in total. The maximum Gasteiger partial charge on any atom is 0.223 e. The highest BCUT2D eigenvalue weighted by atomic mass is 16.1. The molecule has 0 aromatic heterocycles. The Morgan fingerprint density at radius 1 is 1.46 bits per heavy atom. The van der Waals surface area contributed by atoms with Crippen LogP contribution in [0.5, 0.6) is 0 Å². The molecule has 1 N–H and O–H groups in total.